The second-order valence-corrected chi connectivity index (χ2v) is 6.67. The Hall–Kier alpha value is -3.16. The highest BCUT2D eigenvalue weighted by atomic mass is 16.3. The molecular weight excluding hydrogens is 308 g/mol. The molecule has 3 heteroatoms. The molecule has 0 aliphatic carbocycles. The molecular formula is C22H18N2O+2. The maximum absolute atomic E-state index is 6.05. The Morgan fingerprint density at radius 2 is 1.52 bits per heavy atom. The minimum atomic E-state index is 0.348. The van der Waals surface area contributed by atoms with E-state index in [1.54, 1.807) is 0 Å². The van der Waals surface area contributed by atoms with Crippen LogP contribution in [-0.2, 0) is 0 Å². The Bertz CT molecular complexity index is 1210. The van der Waals surface area contributed by atoms with E-state index in [2.05, 4.69) is 77.5 Å². The van der Waals surface area contributed by atoms with Crippen LogP contribution in [0.4, 0.5) is 17.1 Å². The summed E-state index contributed by atoms with van der Waals surface area (Å²) >= 11 is 0. The van der Waals surface area contributed by atoms with E-state index in [4.69, 9.17) is 4.42 Å². The van der Waals surface area contributed by atoms with E-state index in [1.165, 1.54) is 5.69 Å². The molecule has 0 spiro atoms. The summed E-state index contributed by atoms with van der Waals surface area (Å²) in [5.41, 5.74) is 5.21. The molecule has 25 heavy (non-hydrogen) atoms. The van der Waals surface area contributed by atoms with Gasteiger partial charge in [-0.3, -0.25) is 0 Å². The predicted molar refractivity (Wildman–Crippen MR) is 102 cm³/mol. The van der Waals surface area contributed by atoms with Gasteiger partial charge in [-0.2, -0.15) is 0 Å². The molecule has 1 aliphatic rings. The highest BCUT2D eigenvalue weighted by Crippen LogP contribution is 2.36. The molecule has 1 aliphatic heterocycles. The third kappa shape index (κ3) is 2.07. The van der Waals surface area contributed by atoms with Crippen molar-refractivity contribution in [1.29, 1.82) is 0 Å². The highest BCUT2D eigenvalue weighted by Gasteiger charge is 2.36. The van der Waals surface area contributed by atoms with Gasteiger partial charge in [-0.1, -0.05) is 34.9 Å². The number of benzene rings is 3. The number of para-hydroxylation sites is 3. The van der Waals surface area contributed by atoms with Crippen LogP contribution in [0.2, 0.25) is 0 Å². The second kappa shape index (κ2) is 5.17. The van der Waals surface area contributed by atoms with E-state index in [0.29, 0.717) is 6.04 Å². The zero-order chi connectivity index (χ0) is 17.0. The van der Waals surface area contributed by atoms with Crippen LogP contribution < -0.4 is 4.58 Å². The molecule has 2 heterocycles. The topological polar surface area (TPSA) is 19.2 Å². The first-order valence-corrected chi connectivity index (χ1v) is 8.58. The molecule has 0 atom stereocenters. The van der Waals surface area contributed by atoms with Crippen molar-refractivity contribution in [3.8, 4) is 0 Å². The largest absolute Gasteiger partial charge is 0.496 e. The minimum Gasteiger partial charge on any atom is -0.456 e. The highest BCUT2D eigenvalue weighted by molar-refractivity contribution is 6.05. The van der Waals surface area contributed by atoms with Crippen LogP contribution >= 0.6 is 0 Å². The monoisotopic (exact) mass is 326 g/mol. The summed E-state index contributed by atoms with van der Waals surface area (Å²) in [6, 6.07) is 26.8. The van der Waals surface area contributed by atoms with Gasteiger partial charge in [0.05, 0.1) is 6.07 Å². The molecule has 3 nitrogen and oxygen atoms in total. The van der Waals surface area contributed by atoms with Crippen LogP contribution in [0, 0.1) is 0 Å². The molecule has 0 amide bonds. The van der Waals surface area contributed by atoms with Crippen molar-refractivity contribution in [3.63, 3.8) is 0 Å². The lowest BCUT2D eigenvalue weighted by Gasteiger charge is -1.97. The van der Waals surface area contributed by atoms with Crippen molar-refractivity contribution in [2.75, 3.05) is 0 Å². The minimum absolute atomic E-state index is 0.348. The van der Waals surface area contributed by atoms with Gasteiger partial charge in [-0.25, -0.2) is 0 Å². The van der Waals surface area contributed by atoms with Crippen LogP contribution in [0.5, 0.6) is 0 Å². The van der Waals surface area contributed by atoms with Gasteiger partial charge < -0.3 is 4.42 Å². The molecule has 1 aromatic heterocycles. The number of rotatable bonds is 2. The SMILES string of the molecule is CC(C)[N+]1=C=[N+](c2ccc3c(c2)oc2ccccc23)c2ccccc21. The average Bonchev–Trinajstić information content (AvgIpc) is 3.19. The Morgan fingerprint density at radius 1 is 0.800 bits per heavy atom. The van der Waals surface area contributed by atoms with Crippen LogP contribution in [0.25, 0.3) is 21.9 Å². The second-order valence-electron chi connectivity index (χ2n) is 6.67. The van der Waals surface area contributed by atoms with Crippen LogP contribution in [0.15, 0.2) is 71.1 Å². The lowest BCUT2D eigenvalue weighted by Crippen LogP contribution is -2.12. The molecule has 0 fully saturated rings. The quantitative estimate of drug-likeness (QED) is 0.435. The van der Waals surface area contributed by atoms with Gasteiger partial charge in [0.1, 0.15) is 11.2 Å². The summed E-state index contributed by atoms with van der Waals surface area (Å²) in [4.78, 5) is 0. The summed E-state index contributed by atoms with van der Waals surface area (Å²) in [5, 5.41) is 2.30. The molecule has 0 saturated heterocycles. The Morgan fingerprint density at radius 3 is 2.36 bits per heavy atom. The summed E-state index contributed by atoms with van der Waals surface area (Å²) in [6.45, 7) is 4.35. The van der Waals surface area contributed by atoms with E-state index >= 15 is 0 Å². The summed E-state index contributed by atoms with van der Waals surface area (Å²) in [7, 11) is 0. The zero-order valence-corrected chi connectivity index (χ0v) is 14.2. The maximum atomic E-state index is 6.05. The number of hydrogen-bond acceptors (Lipinski definition) is 1. The third-order valence-corrected chi connectivity index (χ3v) is 4.73. The van der Waals surface area contributed by atoms with Gasteiger partial charge in [-0.05, 0) is 30.6 Å². The molecule has 5 rings (SSSR count). The Balaban J connectivity index is 1.75. The fraction of sp³-hybridized carbons (Fsp3) is 0.136. The normalized spacial score (nSPS) is 13.4. The van der Waals surface area contributed by atoms with Crippen molar-refractivity contribution in [1.82, 2.24) is 4.58 Å². The molecule has 4 aromatic rings. The number of hydrogen-bond donors (Lipinski definition) is 0. The third-order valence-electron chi connectivity index (χ3n) is 4.73. The number of furan rings is 1. The van der Waals surface area contributed by atoms with E-state index in [9.17, 15) is 0 Å². The molecule has 0 N–H and O–H groups in total. The van der Waals surface area contributed by atoms with Crippen LogP contribution in [-0.4, -0.2) is 16.6 Å². The Kier molecular flexibility index (Phi) is 2.94. The summed E-state index contributed by atoms with van der Waals surface area (Å²) in [5.74, 6) is 0. The lowest BCUT2D eigenvalue weighted by molar-refractivity contribution is -0.466. The van der Waals surface area contributed by atoms with E-state index in [1.807, 2.05) is 18.2 Å². The molecule has 0 radical (unpaired) electrons. The fourth-order valence-electron chi connectivity index (χ4n) is 3.52. The Labute approximate surface area is 145 Å². The van der Waals surface area contributed by atoms with Gasteiger partial charge in [0.2, 0.25) is 5.69 Å². The van der Waals surface area contributed by atoms with Crippen LogP contribution in [0.3, 0.4) is 0 Å². The van der Waals surface area contributed by atoms with E-state index < -0.39 is 0 Å². The molecule has 0 unspecified atom stereocenters. The first-order valence-electron chi connectivity index (χ1n) is 8.58. The van der Waals surface area contributed by atoms with Gasteiger partial charge in [0, 0.05) is 29.0 Å². The molecule has 120 valence electrons. The van der Waals surface area contributed by atoms with E-state index in [-0.39, 0.29) is 0 Å². The van der Waals surface area contributed by atoms with Gasteiger partial charge >= 0.3 is 6.01 Å². The molecule has 0 saturated carbocycles. The summed E-state index contributed by atoms with van der Waals surface area (Å²) < 4.78 is 10.3. The van der Waals surface area contributed by atoms with Crippen molar-refractivity contribution < 1.29 is 8.99 Å². The standard InChI is InChI=1S/C22H18N2O/c1-15(2)23-14-24(20-9-5-4-8-19(20)23)16-11-12-18-17-7-3-6-10-21(17)25-22(18)13-16/h3-13,15H,1-2H3/q+2. The first kappa shape index (κ1) is 14.2. The fourth-order valence-corrected chi connectivity index (χ4v) is 3.52. The number of fused-ring (bicyclic) bond motifs is 4. The van der Waals surface area contributed by atoms with Crippen molar-refractivity contribution in [2.24, 2.45) is 0 Å². The number of nitrogens with zero attached hydrogens (tertiary/aromatic N) is 2. The van der Waals surface area contributed by atoms with E-state index in [0.717, 1.165) is 33.3 Å². The van der Waals surface area contributed by atoms with Crippen molar-refractivity contribution >= 4 is 45.0 Å². The van der Waals surface area contributed by atoms with Gasteiger partial charge in [0.25, 0.3) is 11.4 Å². The van der Waals surface area contributed by atoms with Crippen molar-refractivity contribution in [3.05, 3.63) is 66.7 Å². The van der Waals surface area contributed by atoms with Crippen LogP contribution in [0.1, 0.15) is 13.8 Å². The first-order chi connectivity index (χ1) is 12.2. The maximum Gasteiger partial charge on any atom is 0.496 e. The zero-order valence-electron chi connectivity index (χ0n) is 14.2. The smallest absolute Gasteiger partial charge is 0.456 e. The van der Waals surface area contributed by atoms with Gasteiger partial charge in [-0.15, -0.1) is 0 Å². The van der Waals surface area contributed by atoms with Gasteiger partial charge in [0.15, 0.2) is 6.04 Å². The van der Waals surface area contributed by atoms with Crippen molar-refractivity contribution in [2.45, 2.75) is 19.9 Å². The lowest BCUT2D eigenvalue weighted by atomic mass is 10.1. The molecule has 0 bridgehead atoms. The predicted octanol–water partition coefficient (Wildman–Crippen LogP) is 5.66. The summed E-state index contributed by atoms with van der Waals surface area (Å²) in [6.07, 6.45) is 0. The molecule has 3 aromatic carbocycles. The average molecular weight is 326 g/mol.